The van der Waals surface area contributed by atoms with Gasteiger partial charge in [-0.15, -0.1) is 0 Å². The molecule has 35 heavy (non-hydrogen) atoms. The van der Waals surface area contributed by atoms with Crippen LogP contribution in [0.2, 0.25) is 0 Å². The molecule has 3 N–H and O–H groups in total. The molecule has 0 aliphatic carbocycles. The first kappa shape index (κ1) is 22.0. The number of aryl methyl sites for hydroxylation is 3. The maximum Gasteiger partial charge on any atom is 0.321 e. The molecule has 0 radical (unpaired) electrons. The zero-order valence-electron chi connectivity index (χ0n) is 19.0. The van der Waals surface area contributed by atoms with Crippen LogP contribution in [0.3, 0.4) is 0 Å². The number of ether oxygens (including phenoxy) is 1. The Labute approximate surface area is 201 Å². The number of benzene rings is 1. The predicted molar refractivity (Wildman–Crippen MR) is 128 cm³/mol. The largest absolute Gasteiger partial charge is 0.424 e. The zero-order valence-corrected chi connectivity index (χ0v) is 19.0. The van der Waals surface area contributed by atoms with Crippen LogP contribution in [0.15, 0.2) is 71.6 Å². The molecule has 5 aromatic rings. The highest BCUT2D eigenvalue weighted by molar-refractivity contribution is 5.53. The van der Waals surface area contributed by atoms with Crippen LogP contribution in [0, 0.1) is 6.92 Å². The third-order valence-electron chi connectivity index (χ3n) is 4.97. The SMILES string of the molecule is Cc1cc(CNc2nccc(Nc3cc(CCc4cccc(Oc5ncccn5)c4)[nH]n3)n2)on1. The van der Waals surface area contributed by atoms with Gasteiger partial charge < -0.3 is 19.9 Å². The summed E-state index contributed by atoms with van der Waals surface area (Å²) in [6.45, 7) is 2.32. The zero-order chi connectivity index (χ0) is 23.9. The van der Waals surface area contributed by atoms with Crippen molar-refractivity contribution in [1.82, 2.24) is 35.3 Å². The second kappa shape index (κ2) is 10.4. The molecule has 4 heterocycles. The van der Waals surface area contributed by atoms with Crippen LogP contribution in [-0.2, 0) is 19.4 Å². The van der Waals surface area contributed by atoms with E-state index in [1.54, 1.807) is 30.7 Å². The molecule has 0 saturated carbocycles. The van der Waals surface area contributed by atoms with E-state index in [9.17, 15) is 0 Å². The second-order valence-electron chi connectivity index (χ2n) is 7.74. The minimum atomic E-state index is 0.324. The molecule has 0 saturated heterocycles. The van der Waals surface area contributed by atoms with Gasteiger partial charge in [0.05, 0.1) is 12.2 Å². The van der Waals surface area contributed by atoms with E-state index in [0.717, 1.165) is 29.8 Å². The number of hydrogen-bond donors (Lipinski definition) is 3. The summed E-state index contributed by atoms with van der Waals surface area (Å²) in [5, 5.41) is 17.6. The summed E-state index contributed by atoms with van der Waals surface area (Å²) < 4.78 is 10.9. The number of nitrogens with one attached hydrogen (secondary N) is 3. The van der Waals surface area contributed by atoms with E-state index in [1.165, 1.54) is 0 Å². The number of aromatic nitrogens is 7. The molecule has 0 amide bonds. The number of aromatic amines is 1. The lowest BCUT2D eigenvalue weighted by atomic mass is 10.1. The maximum atomic E-state index is 5.72. The van der Waals surface area contributed by atoms with Crippen LogP contribution in [-0.4, -0.2) is 35.3 Å². The molecule has 0 bridgehead atoms. The van der Waals surface area contributed by atoms with Crippen molar-refractivity contribution >= 4 is 17.6 Å². The summed E-state index contributed by atoms with van der Waals surface area (Å²) in [5.41, 5.74) is 2.96. The first-order chi connectivity index (χ1) is 17.2. The molecule has 0 atom stereocenters. The summed E-state index contributed by atoms with van der Waals surface area (Å²) >= 11 is 0. The first-order valence-electron chi connectivity index (χ1n) is 11.0. The smallest absolute Gasteiger partial charge is 0.321 e. The molecule has 11 heteroatoms. The number of hydrogen-bond acceptors (Lipinski definition) is 10. The molecule has 0 unspecified atom stereocenters. The van der Waals surface area contributed by atoms with E-state index >= 15 is 0 Å². The third kappa shape index (κ3) is 6.16. The Morgan fingerprint density at radius 1 is 0.943 bits per heavy atom. The van der Waals surface area contributed by atoms with E-state index in [-0.39, 0.29) is 0 Å². The van der Waals surface area contributed by atoms with Gasteiger partial charge in [-0.05, 0) is 49.6 Å². The van der Waals surface area contributed by atoms with Crippen LogP contribution in [0.25, 0.3) is 0 Å². The molecule has 176 valence electrons. The van der Waals surface area contributed by atoms with Crippen molar-refractivity contribution in [2.75, 3.05) is 10.6 Å². The van der Waals surface area contributed by atoms with Gasteiger partial charge in [-0.3, -0.25) is 5.10 Å². The normalized spacial score (nSPS) is 10.8. The number of anilines is 3. The summed E-state index contributed by atoms with van der Waals surface area (Å²) in [4.78, 5) is 16.9. The molecule has 5 rings (SSSR count). The van der Waals surface area contributed by atoms with E-state index < -0.39 is 0 Å². The minimum absolute atomic E-state index is 0.324. The second-order valence-corrected chi connectivity index (χ2v) is 7.74. The van der Waals surface area contributed by atoms with Crippen LogP contribution in [0.4, 0.5) is 17.6 Å². The van der Waals surface area contributed by atoms with Gasteiger partial charge in [0.1, 0.15) is 11.6 Å². The first-order valence-corrected chi connectivity index (χ1v) is 11.0. The fourth-order valence-electron chi connectivity index (χ4n) is 3.35. The van der Waals surface area contributed by atoms with E-state index in [4.69, 9.17) is 9.26 Å². The van der Waals surface area contributed by atoms with Gasteiger partial charge >= 0.3 is 6.01 Å². The highest BCUT2D eigenvalue weighted by Gasteiger charge is 2.07. The fourth-order valence-corrected chi connectivity index (χ4v) is 3.35. The summed E-state index contributed by atoms with van der Waals surface area (Å²) in [6.07, 6.45) is 6.57. The highest BCUT2D eigenvalue weighted by atomic mass is 16.5. The average Bonchev–Trinajstić information content (AvgIpc) is 3.51. The van der Waals surface area contributed by atoms with Gasteiger partial charge in [0.25, 0.3) is 0 Å². The van der Waals surface area contributed by atoms with Crippen molar-refractivity contribution < 1.29 is 9.26 Å². The molecule has 0 spiro atoms. The molecule has 1 aromatic carbocycles. The predicted octanol–water partition coefficient (Wildman–Crippen LogP) is 4.22. The Morgan fingerprint density at radius 3 is 2.71 bits per heavy atom. The maximum absolute atomic E-state index is 5.72. The monoisotopic (exact) mass is 469 g/mol. The Morgan fingerprint density at radius 2 is 1.86 bits per heavy atom. The van der Waals surface area contributed by atoms with Gasteiger partial charge in [-0.1, -0.05) is 17.3 Å². The van der Waals surface area contributed by atoms with Crippen LogP contribution in [0.5, 0.6) is 11.8 Å². The van der Waals surface area contributed by atoms with Crippen LogP contribution < -0.4 is 15.4 Å². The molecule has 11 nitrogen and oxygen atoms in total. The van der Waals surface area contributed by atoms with Crippen LogP contribution >= 0.6 is 0 Å². The van der Waals surface area contributed by atoms with E-state index in [1.807, 2.05) is 37.3 Å². The lowest BCUT2D eigenvalue weighted by molar-refractivity contribution is 0.384. The van der Waals surface area contributed by atoms with E-state index in [2.05, 4.69) is 52.0 Å². The average molecular weight is 470 g/mol. The number of nitrogens with zero attached hydrogens (tertiary/aromatic N) is 6. The van der Waals surface area contributed by atoms with Crippen molar-refractivity contribution in [1.29, 1.82) is 0 Å². The van der Waals surface area contributed by atoms with Crippen molar-refractivity contribution in [2.45, 2.75) is 26.3 Å². The quantitative estimate of drug-likeness (QED) is 0.272. The summed E-state index contributed by atoms with van der Waals surface area (Å²) in [6, 6.07) is 15.6. The Bertz CT molecular complexity index is 1380. The number of H-pyrrole nitrogens is 1. The van der Waals surface area contributed by atoms with Gasteiger partial charge in [-0.25, -0.2) is 15.0 Å². The van der Waals surface area contributed by atoms with Crippen molar-refractivity contribution in [3.63, 3.8) is 0 Å². The Kier molecular flexibility index (Phi) is 6.56. The lowest BCUT2D eigenvalue weighted by Gasteiger charge is -2.06. The standard InChI is InChI=1S/C24H23N9O2/c1-16-12-20(35-33-16)15-28-23-25-11-8-21(30-23)29-22-14-18(31-32-22)7-6-17-4-2-5-19(13-17)34-24-26-9-3-10-27-24/h2-5,8-14H,6-7,15H2,1H3,(H3,25,28,29,30,31,32). The third-order valence-corrected chi connectivity index (χ3v) is 4.97. The van der Waals surface area contributed by atoms with Gasteiger partial charge in [0.2, 0.25) is 5.95 Å². The highest BCUT2D eigenvalue weighted by Crippen LogP contribution is 2.20. The van der Waals surface area contributed by atoms with E-state index in [0.29, 0.717) is 41.6 Å². The fraction of sp³-hybridized carbons (Fsp3) is 0.167. The molecule has 0 aliphatic heterocycles. The van der Waals surface area contributed by atoms with Crippen LogP contribution in [0.1, 0.15) is 22.7 Å². The molecule has 4 aromatic heterocycles. The van der Waals surface area contributed by atoms with Gasteiger partial charge in [0.15, 0.2) is 11.6 Å². The summed E-state index contributed by atoms with van der Waals surface area (Å²) in [7, 11) is 0. The number of rotatable bonds is 10. The van der Waals surface area contributed by atoms with Gasteiger partial charge in [-0.2, -0.15) is 10.1 Å². The summed E-state index contributed by atoms with van der Waals surface area (Å²) in [5.74, 6) is 3.19. The van der Waals surface area contributed by atoms with Gasteiger partial charge in [0, 0.05) is 36.4 Å². The molecular formula is C24H23N9O2. The Hall–Kier alpha value is -4.80. The lowest BCUT2D eigenvalue weighted by Crippen LogP contribution is -2.04. The van der Waals surface area contributed by atoms with Crippen molar-refractivity contribution in [3.05, 3.63) is 89.8 Å². The minimum Gasteiger partial charge on any atom is -0.424 e. The molecular weight excluding hydrogens is 446 g/mol. The topological polar surface area (TPSA) is 140 Å². The Balaban J connectivity index is 1.15. The molecule has 0 aliphatic rings. The van der Waals surface area contributed by atoms with Crippen molar-refractivity contribution in [2.24, 2.45) is 0 Å². The van der Waals surface area contributed by atoms with Crippen molar-refractivity contribution in [3.8, 4) is 11.8 Å². The molecule has 0 fully saturated rings.